The van der Waals surface area contributed by atoms with Crippen LogP contribution in [0.2, 0.25) is 4.34 Å². The molecular formula is C12H13ClN2O2S2. The minimum Gasteiger partial charge on any atom is -0.398 e. The van der Waals surface area contributed by atoms with Crippen LogP contribution in [0.5, 0.6) is 0 Å². The normalized spacial score (nSPS) is 11.5. The summed E-state index contributed by atoms with van der Waals surface area (Å²) >= 11 is 6.75. The van der Waals surface area contributed by atoms with Gasteiger partial charge in [-0.15, -0.1) is 11.3 Å². The van der Waals surface area contributed by atoms with Gasteiger partial charge in [0.1, 0.15) is 4.21 Å². The smallest absolute Gasteiger partial charge is 0.271 e. The van der Waals surface area contributed by atoms with E-state index in [1.54, 1.807) is 18.2 Å². The summed E-state index contributed by atoms with van der Waals surface area (Å²) in [5.74, 6) is 0. The van der Waals surface area contributed by atoms with Crippen molar-refractivity contribution in [1.29, 1.82) is 0 Å². The maximum Gasteiger partial charge on any atom is 0.271 e. The molecule has 0 amide bonds. The van der Waals surface area contributed by atoms with Crippen LogP contribution < -0.4 is 10.5 Å². The molecule has 0 saturated heterocycles. The van der Waals surface area contributed by atoms with Crippen molar-refractivity contribution >= 4 is 44.3 Å². The first-order valence-corrected chi connectivity index (χ1v) is 8.26. The van der Waals surface area contributed by atoms with Gasteiger partial charge >= 0.3 is 0 Å². The maximum absolute atomic E-state index is 12.1. The predicted octanol–water partition coefficient (Wildman–Crippen LogP) is 3.35. The number of sulfonamides is 1. The number of aryl methyl sites for hydroxylation is 1. The van der Waals surface area contributed by atoms with Crippen LogP contribution in [-0.4, -0.2) is 8.42 Å². The van der Waals surface area contributed by atoms with E-state index in [2.05, 4.69) is 4.72 Å². The molecule has 0 saturated carbocycles. The van der Waals surface area contributed by atoms with Crippen LogP contribution in [0.15, 0.2) is 34.5 Å². The average Bonchev–Trinajstić information content (AvgIpc) is 2.76. The molecule has 3 N–H and O–H groups in total. The Bertz CT molecular complexity index is 696. The molecule has 0 unspecified atom stereocenters. The highest BCUT2D eigenvalue weighted by Crippen LogP contribution is 2.28. The third kappa shape index (κ3) is 3.20. The molecule has 0 atom stereocenters. The van der Waals surface area contributed by atoms with Gasteiger partial charge in [0.25, 0.3) is 10.0 Å². The number of thiophene rings is 1. The molecule has 19 heavy (non-hydrogen) atoms. The van der Waals surface area contributed by atoms with Gasteiger partial charge in [0.2, 0.25) is 0 Å². The molecule has 2 rings (SSSR count). The maximum atomic E-state index is 12.1. The zero-order chi connectivity index (χ0) is 14.0. The molecule has 0 radical (unpaired) electrons. The molecule has 0 aliphatic carbocycles. The molecule has 0 fully saturated rings. The van der Waals surface area contributed by atoms with Crippen LogP contribution in [0.1, 0.15) is 12.5 Å². The summed E-state index contributed by atoms with van der Waals surface area (Å²) in [5.41, 5.74) is 7.85. The molecule has 102 valence electrons. The van der Waals surface area contributed by atoms with Crippen molar-refractivity contribution in [2.45, 2.75) is 17.6 Å². The predicted molar refractivity (Wildman–Crippen MR) is 80.4 cm³/mol. The van der Waals surface area contributed by atoms with E-state index < -0.39 is 10.0 Å². The first kappa shape index (κ1) is 14.2. The Labute approximate surface area is 121 Å². The fraction of sp³-hybridized carbons (Fsp3) is 0.167. The average molecular weight is 317 g/mol. The van der Waals surface area contributed by atoms with Crippen LogP contribution in [0, 0.1) is 0 Å². The number of rotatable bonds is 4. The van der Waals surface area contributed by atoms with Crippen molar-refractivity contribution in [1.82, 2.24) is 0 Å². The number of nitrogen functional groups attached to an aromatic ring is 1. The summed E-state index contributed by atoms with van der Waals surface area (Å²) in [4.78, 5) is 0. The van der Waals surface area contributed by atoms with Gasteiger partial charge in [0.15, 0.2) is 0 Å². The number of hydrogen-bond donors (Lipinski definition) is 2. The van der Waals surface area contributed by atoms with E-state index in [0.29, 0.717) is 15.7 Å². The largest absolute Gasteiger partial charge is 0.398 e. The monoisotopic (exact) mass is 316 g/mol. The Morgan fingerprint density at radius 2 is 2.05 bits per heavy atom. The van der Waals surface area contributed by atoms with Gasteiger partial charge in [-0.2, -0.15) is 0 Å². The molecular weight excluding hydrogens is 304 g/mol. The SMILES string of the molecule is CCc1ccc(NS(=O)(=O)c2ccc(Cl)s2)cc1N. The van der Waals surface area contributed by atoms with Gasteiger partial charge < -0.3 is 5.73 Å². The van der Waals surface area contributed by atoms with Crippen LogP contribution in [0.4, 0.5) is 11.4 Å². The third-order valence-corrected chi connectivity index (χ3v) is 5.70. The van der Waals surface area contributed by atoms with E-state index in [9.17, 15) is 8.42 Å². The number of halogens is 1. The van der Waals surface area contributed by atoms with Crippen molar-refractivity contribution in [2.24, 2.45) is 0 Å². The van der Waals surface area contributed by atoms with E-state index in [0.717, 1.165) is 23.3 Å². The summed E-state index contributed by atoms with van der Waals surface area (Å²) < 4.78 is 27.3. The number of anilines is 2. The fourth-order valence-electron chi connectivity index (χ4n) is 1.63. The number of nitrogens with two attached hydrogens (primary N) is 1. The first-order valence-electron chi connectivity index (χ1n) is 5.59. The molecule has 0 aliphatic rings. The number of nitrogens with one attached hydrogen (secondary N) is 1. The quantitative estimate of drug-likeness (QED) is 0.850. The zero-order valence-electron chi connectivity index (χ0n) is 10.2. The standard InChI is InChI=1S/C12H13ClN2O2S2/c1-2-8-3-4-9(7-10(8)14)15-19(16,17)12-6-5-11(13)18-12/h3-7,15H,2,14H2,1H3. The Hall–Kier alpha value is -1.24. The van der Waals surface area contributed by atoms with Crippen molar-refractivity contribution in [3.63, 3.8) is 0 Å². The topological polar surface area (TPSA) is 72.2 Å². The Balaban J connectivity index is 2.28. The van der Waals surface area contributed by atoms with Crippen molar-refractivity contribution < 1.29 is 8.42 Å². The Morgan fingerprint density at radius 1 is 1.32 bits per heavy atom. The van der Waals surface area contributed by atoms with Gasteiger partial charge in [0, 0.05) is 5.69 Å². The lowest BCUT2D eigenvalue weighted by molar-refractivity contribution is 0.603. The summed E-state index contributed by atoms with van der Waals surface area (Å²) in [7, 11) is -3.60. The Morgan fingerprint density at radius 3 is 2.58 bits per heavy atom. The third-order valence-electron chi connectivity index (χ3n) is 2.59. The van der Waals surface area contributed by atoms with Crippen LogP contribution >= 0.6 is 22.9 Å². The van der Waals surface area contributed by atoms with Crippen LogP contribution in [-0.2, 0) is 16.4 Å². The molecule has 0 aliphatic heterocycles. The number of benzene rings is 1. The number of hydrogen-bond acceptors (Lipinski definition) is 4. The molecule has 1 aromatic heterocycles. The molecule has 4 nitrogen and oxygen atoms in total. The second-order valence-electron chi connectivity index (χ2n) is 3.93. The van der Waals surface area contributed by atoms with Crippen LogP contribution in [0.3, 0.4) is 0 Å². The first-order chi connectivity index (χ1) is 8.92. The van der Waals surface area contributed by atoms with Gasteiger partial charge in [-0.1, -0.05) is 24.6 Å². The molecule has 0 spiro atoms. The van der Waals surface area contributed by atoms with Crippen LogP contribution in [0.25, 0.3) is 0 Å². The van der Waals surface area contributed by atoms with E-state index in [1.165, 1.54) is 6.07 Å². The van der Waals surface area contributed by atoms with Crippen molar-refractivity contribution in [2.75, 3.05) is 10.5 Å². The van der Waals surface area contributed by atoms with Crippen molar-refractivity contribution in [3.8, 4) is 0 Å². The summed E-state index contributed by atoms with van der Waals surface area (Å²) in [6.07, 6.45) is 0.805. The van der Waals surface area contributed by atoms with Gasteiger partial charge in [0.05, 0.1) is 10.0 Å². The summed E-state index contributed by atoms with van der Waals surface area (Å²) in [5, 5.41) is 0. The zero-order valence-corrected chi connectivity index (χ0v) is 12.6. The van der Waals surface area contributed by atoms with Gasteiger partial charge in [-0.3, -0.25) is 4.72 Å². The highest BCUT2D eigenvalue weighted by molar-refractivity contribution is 7.94. The minimum absolute atomic E-state index is 0.177. The highest BCUT2D eigenvalue weighted by atomic mass is 35.5. The summed E-state index contributed by atoms with van der Waals surface area (Å²) in [6, 6.07) is 8.15. The lowest BCUT2D eigenvalue weighted by Crippen LogP contribution is -2.11. The lowest BCUT2D eigenvalue weighted by atomic mass is 10.1. The molecule has 2 aromatic rings. The fourth-order valence-corrected chi connectivity index (χ4v) is 4.16. The van der Waals surface area contributed by atoms with Gasteiger partial charge in [-0.05, 0) is 36.2 Å². The van der Waals surface area contributed by atoms with Crippen molar-refractivity contribution in [3.05, 3.63) is 40.2 Å². The van der Waals surface area contributed by atoms with E-state index in [4.69, 9.17) is 17.3 Å². The highest BCUT2D eigenvalue weighted by Gasteiger charge is 2.16. The second-order valence-corrected chi connectivity index (χ2v) is 7.56. The molecule has 0 bridgehead atoms. The van der Waals surface area contributed by atoms with E-state index in [1.807, 2.05) is 13.0 Å². The molecule has 1 aromatic carbocycles. The minimum atomic E-state index is -3.60. The molecule has 1 heterocycles. The van der Waals surface area contributed by atoms with Gasteiger partial charge in [-0.25, -0.2) is 8.42 Å². The van der Waals surface area contributed by atoms with E-state index >= 15 is 0 Å². The Kier molecular flexibility index (Phi) is 4.03. The van der Waals surface area contributed by atoms with E-state index in [-0.39, 0.29) is 4.21 Å². The second kappa shape index (κ2) is 5.40. The lowest BCUT2D eigenvalue weighted by Gasteiger charge is -2.09. The summed E-state index contributed by atoms with van der Waals surface area (Å²) in [6.45, 7) is 1.99. The molecule has 7 heteroatoms.